The molecule has 2 rings (SSSR count). The molecule has 1 heterocycles. The molecule has 0 N–H and O–H groups in total. The van der Waals surface area contributed by atoms with Gasteiger partial charge in [-0.05, 0) is 32.8 Å². The van der Waals surface area contributed by atoms with E-state index in [4.69, 9.17) is 9.47 Å². The minimum absolute atomic E-state index is 0.308. The average Bonchev–Trinajstić information content (AvgIpc) is 2.62. The standard InChI is InChI=1S/C17H22O4/c1-10-6-5-7-11(2)9-15-16(12(3)17(19)21-15)14(8-10)20-13(4)18/h7-8,14-16H,3,5-6,9H2,1-2,4H3/b10-8+,11-7+/t14-,15-,16-/m0/s1. The topological polar surface area (TPSA) is 52.6 Å². The van der Waals surface area contributed by atoms with E-state index >= 15 is 0 Å². The zero-order valence-electron chi connectivity index (χ0n) is 12.8. The Hall–Kier alpha value is -1.84. The van der Waals surface area contributed by atoms with E-state index in [2.05, 4.69) is 12.7 Å². The number of ether oxygens (including phenoxy) is 2. The van der Waals surface area contributed by atoms with Crippen molar-refractivity contribution in [3.05, 3.63) is 35.5 Å². The molecule has 114 valence electrons. The molecular formula is C17H22O4. The Kier molecular flexibility index (Phi) is 4.66. The van der Waals surface area contributed by atoms with Gasteiger partial charge in [-0.25, -0.2) is 4.79 Å². The van der Waals surface area contributed by atoms with Crippen molar-refractivity contribution in [2.45, 2.75) is 52.2 Å². The lowest BCUT2D eigenvalue weighted by molar-refractivity contribution is -0.147. The molecule has 0 amide bonds. The fraction of sp³-hybridized carbons (Fsp3) is 0.529. The zero-order chi connectivity index (χ0) is 15.6. The summed E-state index contributed by atoms with van der Waals surface area (Å²) >= 11 is 0. The third kappa shape index (κ3) is 3.63. The van der Waals surface area contributed by atoms with E-state index in [0.717, 1.165) is 18.4 Å². The maximum atomic E-state index is 11.9. The second kappa shape index (κ2) is 6.29. The third-order valence-corrected chi connectivity index (χ3v) is 3.98. The molecule has 0 aromatic rings. The molecule has 1 fully saturated rings. The van der Waals surface area contributed by atoms with Crippen LogP contribution in [-0.4, -0.2) is 24.1 Å². The van der Waals surface area contributed by atoms with Crippen LogP contribution in [0.2, 0.25) is 0 Å². The number of esters is 2. The van der Waals surface area contributed by atoms with Crippen molar-refractivity contribution in [2.24, 2.45) is 5.92 Å². The SMILES string of the molecule is C=C1C(=O)O[C@H]2C/C(C)=C/CC/C(C)=C/[C@H](OC(C)=O)[C@H]12. The summed E-state index contributed by atoms with van der Waals surface area (Å²) < 4.78 is 10.9. The van der Waals surface area contributed by atoms with E-state index in [1.165, 1.54) is 12.5 Å². The van der Waals surface area contributed by atoms with E-state index < -0.39 is 6.10 Å². The quantitative estimate of drug-likeness (QED) is 0.423. The van der Waals surface area contributed by atoms with Gasteiger partial charge in [0.2, 0.25) is 0 Å². The molecule has 4 heteroatoms. The Morgan fingerprint density at radius 1 is 1.38 bits per heavy atom. The van der Waals surface area contributed by atoms with Crippen molar-refractivity contribution in [3.8, 4) is 0 Å². The maximum absolute atomic E-state index is 11.9. The Bertz CT molecular complexity index is 527. The summed E-state index contributed by atoms with van der Waals surface area (Å²) in [5.41, 5.74) is 2.71. The van der Waals surface area contributed by atoms with Crippen LogP contribution in [-0.2, 0) is 19.1 Å². The molecule has 0 aromatic carbocycles. The second-order valence-corrected chi connectivity index (χ2v) is 5.88. The van der Waals surface area contributed by atoms with E-state index in [-0.39, 0.29) is 24.0 Å². The number of hydrogen-bond acceptors (Lipinski definition) is 4. The minimum atomic E-state index is -0.489. The van der Waals surface area contributed by atoms with Crippen molar-refractivity contribution < 1.29 is 19.1 Å². The van der Waals surface area contributed by atoms with Crippen LogP contribution in [0.25, 0.3) is 0 Å². The molecule has 0 spiro atoms. The fourth-order valence-corrected chi connectivity index (χ4v) is 2.94. The van der Waals surface area contributed by atoms with Crippen LogP contribution >= 0.6 is 0 Å². The highest BCUT2D eigenvalue weighted by Gasteiger charge is 2.44. The van der Waals surface area contributed by atoms with Crippen LogP contribution in [0.15, 0.2) is 35.5 Å². The first-order chi connectivity index (χ1) is 9.88. The van der Waals surface area contributed by atoms with Gasteiger partial charge in [0.15, 0.2) is 0 Å². The molecule has 0 aromatic heterocycles. The molecule has 3 atom stereocenters. The van der Waals surface area contributed by atoms with E-state index in [1.807, 2.05) is 19.9 Å². The van der Waals surface area contributed by atoms with Gasteiger partial charge < -0.3 is 9.47 Å². The Labute approximate surface area is 125 Å². The molecule has 4 nitrogen and oxygen atoms in total. The van der Waals surface area contributed by atoms with Gasteiger partial charge in [-0.2, -0.15) is 0 Å². The lowest BCUT2D eigenvalue weighted by Crippen LogP contribution is -2.32. The fourth-order valence-electron chi connectivity index (χ4n) is 2.94. The highest BCUT2D eigenvalue weighted by molar-refractivity contribution is 5.91. The van der Waals surface area contributed by atoms with Crippen molar-refractivity contribution >= 4 is 11.9 Å². The molecule has 1 aliphatic heterocycles. The highest BCUT2D eigenvalue weighted by atomic mass is 16.6. The zero-order valence-corrected chi connectivity index (χ0v) is 12.8. The lowest BCUT2D eigenvalue weighted by Gasteiger charge is -2.26. The van der Waals surface area contributed by atoms with Gasteiger partial charge in [-0.3, -0.25) is 4.79 Å². The summed E-state index contributed by atoms with van der Waals surface area (Å²) in [4.78, 5) is 23.2. The van der Waals surface area contributed by atoms with Crippen LogP contribution < -0.4 is 0 Å². The second-order valence-electron chi connectivity index (χ2n) is 5.88. The number of allylic oxidation sites excluding steroid dienone is 2. The Balaban J connectivity index is 2.39. The molecule has 21 heavy (non-hydrogen) atoms. The Morgan fingerprint density at radius 3 is 2.76 bits per heavy atom. The molecule has 1 saturated heterocycles. The van der Waals surface area contributed by atoms with E-state index in [1.54, 1.807) is 0 Å². The summed E-state index contributed by atoms with van der Waals surface area (Å²) in [5, 5.41) is 0. The predicted octanol–water partition coefficient (Wildman–Crippen LogP) is 3.09. The predicted molar refractivity (Wildman–Crippen MR) is 79.4 cm³/mol. The van der Waals surface area contributed by atoms with Crippen LogP contribution in [0.5, 0.6) is 0 Å². The summed E-state index contributed by atoms with van der Waals surface area (Å²) in [6, 6.07) is 0. The van der Waals surface area contributed by atoms with Crippen molar-refractivity contribution in [3.63, 3.8) is 0 Å². The van der Waals surface area contributed by atoms with Crippen LogP contribution in [0.1, 0.15) is 40.0 Å². The normalized spacial score (nSPS) is 34.9. The number of hydrogen-bond donors (Lipinski definition) is 0. The maximum Gasteiger partial charge on any atom is 0.334 e. The van der Waals surface area contributed by atoms with E-state index in [0.29, 0.717) is 12.0 Å². The number of carbonyl (C=O) groups excluding carboxylic acids is 2. The van der Waals surface area contributed by atoms with E-state index in [9.17, 15) is 9.59 Å². The number of carbonyl (C=O) groups is 2. The molecule has 0 saturated carbocycles. The highest BCUT2D eigenvalue weighted by Crippen LogP contribution is 2.36. The van der Waals surface area contributed by atoms with Gasteiger partial charge in [-0.1, -0.05) is 23.8 Å². The lowest BCUT2D eigenvalue weighted by atomic mass is 9.85. The smallest absolute Gasteiger partial charge is 0.334 e. The molecule has 0 unspecified atom stereocenters. The Morgan fingerprint density at radius 2 is 2.10 bits per heavy atom. The van der Waals surface area contributed by atoms with Crippen LogP contribution in [0.3, 0.4) is 0 Å². The van der Waals surface area contributed by atoms with Crippen LogP contribution in [0, 0.1) is 5.92 Å². The summed E-state index contributed by atoms with van der Waals surface area (Å²) in [5.74, 6) is -1.06. The van der Waals surface area contributed by atoms with Crippen molar-refractivity contribution in [1.82, 2.24) is 0 Å². The minimum Gasteiger partial charge on any atom is -0.458 e. The van der Waals surface area contributed by atoms with Gasteiger partial charge in [0.25, 0.3) is 0 Å². The molecule has 0 radical (unpaired) electrons. The monoisotopic (exact) mass is 290 g/mol. The number of fused-ring (bicyclic) bond motifs is 1. The first kappa shape index (κ1) is 15.5. The average molecular weight is 290 g/mol. The molecule has 1 aliphatic carbocycles. The first-order valence-corrected chi connectivity index (χ1v) is 7.28. The third-order valence-electron chi connectivity index (χ3n) is 3.98. The van der Waals surface area contributed by atoms with Gasteiger partial charge in [-0.15, -0.1) is 0 Å². The molecule has 2 aliphatic rings. The van der Waals surface area contributed by atoms with Gasteiger partial charge >= 0.3 is 11.9 Å². The summed E-state index contributed by atoms with van der Waals surface area (Å²) in [6.07, 6.45) is 5.81. The number of rotatable bonds is 1. The summed E-state index contributed by atoms with van der Waals surface area (Å²) in [6.45, 7) is 9.26. The van der Waals surface area contributed by atoms with Crippen molar-refractivity contribution in [1.29, 1.82) is 0 Å². The first-order valence-electron chi connectivity index (χ1n) is 7.28. The summed E-state index contributed by atoms with van der Waals surface area (Å²) in [7, 11) is 0. The van der Waals surface area contributed by atoms with Crippen molar-refractivity contribution in [2.75, 3.05) is 0 Å². The van der Waals surface area contributed by atoms with Gasteiger partial charge in [0.05, 0.1) is 5.92 Å². The van der Waals surface area contributed by atoms with Gasteiger partial charge in [0.1, 0.15) is 12.2 Å². The van der Waals surface area contributed by atoms with Gasteiger partial charge in [0, 0.05) is 18.9 Å². The molecular weight excluding hydrogens is 268 g/mol. The van der Waals surface area contributed by atoms with Crippen LogP contribution in [0.4, 0.5) is 0 Å². The largest absolute Gasteiger partial charge is 0.458 e. The molecule has 0 bridgehead atoms.